The van der Waals surface area contributed by atoms with Crippen molar-refractivity contribution >= 4 is 0 Å². The fourth-order valence-electron chi connectivity index (χ4n) is 2.81. The van der Waals surface area contributed by atoms with Crippen molar-refractivity contribution < 1.29 is 14.2 Å². The standard InChI is InChI=1S/C17H27NO3/c1-4-15-12-14(8-10-21-15)18-9-7-13-5-6-16(19-2)17(11-13)20-3/h5-6,11,14-15,18H,4,7-10,12H2,1-3H3. The van der Waals surface area contributed by atoms with Crippen LogP contribution in [0.2, 0.25) is 0 Å². The van der Waals surface area contributed by atoms with Crippen molar-refractivity contribution in [3.05, 3.63) is 23.8 Å². The smallest absolute Gasteiger partial charge is 0.160 e. The van der Waals surface area contributed by atoms with Crippen LogP contribution in [-0.4, -0.2) is 39.5 Å². The summed E-state index contributed by atoms with van der Waals surface area (Å²) in [6.45, 7) is 4.06. The van der Waals surface area contributed by atoms with Crippen LogP contribution in [0.1, 0.15) is 31.7 Å². The van der Waals surface area contributed by atoms with E-state index in [-0.39, 0.29) is 0 Å². The lowest BCUT2D eigenvalue weighted by Crippen LogP contribution is -2.39. The van der Waals surface area contributed by atoms with Gasteiger partial charge in [0.15, 0.2) is 11.5 Å². The van der Waals surface area contributed by atoms with E-state index in [4.69, 9.17) is 14.2 Å². The van der Waals surface area contributed by atoms with Gasteiger partial charge in [-0.2, -0.15) is 0 Å². The zero-order chi connectivity index (χ0) is 15.1. The highest BCUT2D eigenvalue weighted by Crippen LogP contribution is 2.27. The number of ether oxygens (including phenoxy) is 3. The van der Waals surface area contributed by atoms with E-state index in [9.17, 15) is 0 Å². The van der Waals surface area contributed by atoms with Gasteiger partial charge in [-0.15, -0.1) is 0 Å². The minimum atomic E-state index is 0.428. The first-order valence-corrected chi connectivity index (χ1v) is 7.82. The Hall–Kier alpha value is -1.26. The monoisotopic (exact) mass is 293 g/mol. The molecule has 1 heterocycles. The molecule has 0 aliphatic carbocycles. The maximum atomic E-state index is 5.71. The molecule has 0 spiro atoms. The lowest BCUT2D eigenvalue weighted by molar-refractivity contribution is 0.000116. The topological polar surface area (TPSA) is 39.7 Å². The first kappa shape index (κ1) is 16.1. The molecule has 4 heteroatoms. The third kappa shape index (κ3) is 4.61. The minimum absolute atomic E-state index is 0.428. The molecule has 0 amide bonds. The Kier molecular flexibility index (Phi) is 6.33. The number of nitrogens with one attached hydrogen (secondary N) is 1. The maximum Gasteiger partial charge on any atom is 0.160 e. The quantitative estimate of drug-likeness (QED) is 0.839. The highest BCUT2D eigenvalue weighted by Gasteiger charge is 2.20. The third-order valence-electron chi connectivity index (χ3n) is 4.12. The molecule has 0 saturated carbocycles. The van der Waals surface area contributed by atoms with Gasteiger partial charge in [-0.1, -0.05) is 13.0 Å². The van der Waals surface area contributed by atoms with Gasteiger partial charge in [0.25, 0.3) is 0 Å². The van der Waals surface area contributed by atoms with Gasteiger partial charge in [0, 0.05) is 12.6 Å². The summed E-state index contributed by atoms with van der Waals surface area (Å²) in [7, 11) is 3.33. The minimum Gasteiger partial charge on any atom is -0.493 e. The molecule has 4 nitrogen and oxygen atoms in total. The van der Waals surface area contributed by atoms with Gasteiger partial charge in [0.05, 0.1) is 20.3 Å². The van der Waals surface area contributed by atoms with Crippen LogP contribution in [0.15, 0.2) is 18.2 Å². The molecule has 2 unspecified atom stereocenters. The van der Waals surface area contributed by atoms with Crippen molar-refractivity contribution in [3.63, 3.8) is 0 Å². The predicted molar refractivity (Wildman–Crippen MR) is 84.3 cm³/mol. The summed E-state index contributed by atoms with van der Waals surface area (Å²) >= 11 is 0. The van der Waals surface area contributed by atoms with Crippen LogP contribution >= 0.6 is 0 Å². The van der Waals surface area contributed by atoms with Crippen molar-refractivity contribution in [2.24, 2.45) is 0 Å². The number of rotatable bonds is 7. The van der Waals surface area contributed by atoms with E-state index >= 15 is 0 Å². The van der Waals surface area contributed by atoms with Crippen LogP contribution in [0.25, 0.3) is 0 Å². The maximum absolute atomic E-state index is 5.71. The zero-order valence-corrected chi connectivity index (χ0v) is 13.4. The van der Waals surface area contributed by atoms with E-state index in [0.717, 1.165) is 50.3 Å². The molecular formula is C17H27NO3. The molecule has 0 radical (unpaired) electrons. The molecule has 1 aromatic rings. The Morgan fingerprint density at radius 1 is 1.24 bits per heavy atom. The van der Waals surface area contributed by atoms with Crippen LogP contribution in [0, 0.1) is 0 Å². The number of hydrogen-bond donors (Lipinski definition) is 1. The van der Waals surface area contributed by atoms with E-state index in [0.29, 0.717) is 12.1 Å². The van der Waals surface area contributed by atoms with Gasteiger partial charge < -0.3 is 19.5 Å². The number of methoxy groups -OCH3 is 2. The Labute approximate surface area is 127 Å². The Morgan fingerprint density at radius 2 is 2.05 bits per heavy atom. The average molecular weight is 293 g/mol. The van der Waals surface area contributed by atoms with Crippen LogP contribution in [0.3, 0.4) is 0 Å². The third-order valence-corrected chi connectivity index (χ3v) is 4.12. The van der Waals surface area contributed by atoms with Gasteiger partial charge in [0.2, 0.25) is 0 Å². The summed E-state index contributed by atoms with van der Waals surface area (Å²) in [6, 6.07) is 6.71. The summed E-state index contributed by atoms with van der Waals surface area (Å²) in [5.41, 5.74) is 1.26. The van der Waals surface area contributed by atoms with Crippen molar-refractivity contribution in [2.75, 3.05) is 27.4 Å². The average Bonchev–Trinajstić information content (AvgIpc) is 2.55. The van der Waals surface area contributed by atoms with E-state index in [1.54, 1.807) is 14.2 Å². The van der Waals surface area contributed by atoms with E-state index in [2.05, 4.69) is 24.4 Å². The lowest BCUT2D eigenvalue weighted by Gasteiger charge is -2.29. The first-order valence-electron chi connectivity index (χ1n) is 7.82. The van der Waals surface area contributed by atoms with Gasteiger partial charge in [0.1, 0.15) is 0 Å². The van der Waals surface area contributed by atoms with E-state index in [1.807, 2.05) is 6.07 Å². The lowest BCUT2D eigenvalue weighted by atomic mass is 10.0. The Morgan fingerprint density at radius 3 is 2.76 bits per heavy atom. The van der Waals surface area contributed by atoms with Gasteiger partial charge in [-0.05, 0) is 49.9 Å². The molecule has 1 aliphatic rings. The van der Waals surface area contributed by atoms with Gasteiger partial charge in [-0.25, -0.2) is 0 Å². The molecule has 0 bridgehead atoms. The van der Waals surface area contributed by atoms with Gasteiger partial charge in [-0.3, -0.25) is 0 Å². The predicted octanol–water partition coefficient (Wildman–Crippen LogP) is 2.79. The molecular weight excluding hydrogens is 266 g/mol. The van der Waals surface area contributed by atoms with E-state index < -0.39 is 0 Å². The number of benzene rings is 1. The van der Waals surface area contributed by atoms with Crippen LogP contribution < -0.4 is 14.8 Å². The molecule has 0 aromatic heterocycles. The van der Waals surface area contributed by atoms with Crippen LogP contribution in [-0.2, 0) is 11.2 Å². The SMILES string of the molecule is CCC1CC(NCCc2ccc(OC)c(OC)c2)CCO1. The van der Waals surface area contributed by atoms with E-state index in [1.165, 1.54) is 5.56 Å². The highest BCUT2D eigenvalue weighted by atomic mass is 16.5. The Bertz CT molecular complexity index is 436. The van der Waals surface area contributed by atoms with Gasteiger partial charge >= 0.3 is 0 Å². The fourth-order valence-corrected chi connectivity index (χ4v) is 2.81. The molecule has 1 fully saturated rings. The van der Waals surface area contributed by atoms with Crippen molar-refractivity contribution in [1.29, 1.82) is 0 Å². The van der Waals surface area contributed by atoms with Crippen molar-refractivity contribution in [3.8, 4) is 11.5 Å². The highest BCUT2D eigenvalue weighted by molar-refractivity contribution is 5.42. The molecule has 1 aliphatic heterocycles. The molecule has 118 valence electrons. The molecule has 21 heavy (non-hydrogen) atoms. The number of hydrogen-bond acceptors (Lipinski definition) is 4. The van der Waals surface area contributed by atoms with Crippen LogP contribution in [0.5, 0.6) is 11.5 Å². The first-order chi connectivity index (χ1) is 10.3. The van der Waals surface area contributed by atoms with Crippen LogP contribution in [0.4, 0.5) is 0 Å². The normalized spacial score (nSPS) is 22.0. The molecule has 1 N–H and O–H groups in total. The second kappa shape index (κ2) is 8.25. The van der Waals surface area contributed by atoms with Crippen molar-refractivity contribution in [1.82, 2.24) is 5.32 Å². The summed E-state index contributed by atoms with van der Waals surface area (Å²) < 4.78 is 16.3. The Balaban J connectivity index is 1.80. The summed E-state index contributed by atoms with van der Waals surface area (Å²) in [6.07, 6.45) is 4.77. The summed E-state index contributed by atoms with van der Waals surface area (Å²) in [4.78, 5) is 0. The molecule has 2 atom stereocenters. The molecule has 2 rings (SSSR count). The zero-order valence-electron chi connectivity index (χ0n) is 13.4. The van der Waals surface area contributed by atoms with Crippen molar-refractivity contribution in [2.45, 2.75) is 44.8 Å². The summed E-state index contributed by atoms with van der Waals surface area (Å²) in [5.74, 6) is 1.58. The fraction of sp³-hybridized carbons (Fsp3) is 0.647. The molecule has 1 aromatic carbocycles. The largest absolute Gasteiger partial charge is 0.493 e. The second-order valence-corrected chi connectivity index (χ2v) is 5.52. The summed E-state index contributed by atoms with van der Waals surface area (Å²) in [5, 5.41) is 3.65. The second-order valence-electron chi connectivity index (χ2n) is 5.52. The molecule has 1 saturated heterocycles.